The fourth-order valence-corrected chi connectivity index (χ4v) is 1.04. The van der Waals surface area contributed by atoms with Crippen LogP contribution in [0.25, 0.3) is 0 Å². The van der Waals surface area contributed by atoms with Crippen molar-refractivity contribution in [1.29, 1.82) is 0 Å². The van der Waals surface area contributed by atoms with Crippen molar-refractivity contribution in [3.63, 3.8) is 0 Å². The molecular formula is C10H18N2O7. The van der Waals surface area contributed by atoms with Gasteiger partial charge in [-0.15, -0.1) is 10.1 Å². The van der Waals surface area contributed by atoms with Gasteiger partial charge in [0, 0.05) is 6.42 Å². The largest absolute Gasteiger partial charge is 0.463 e. The highest BCUT2D eigenvalue weighted by molar-refractivity contribution is 5.81. The summed E-state index contributed by atoms with van der Waals surface area (Å²) < 4.78 is 9.71. The first kappa shape index (κ1) is 17.3. The molecule has 0 amide bonds. The molecule has 0 aromatic heterocycles. The molecule has 0 rings (SSSR count). The van der Waals surface area contributed by atoms with Gasteiger partial charge in [0.2, 0.25) is 0 Å². The molecule has 1 atom stereocenters. The summed E-state index contributed by atoms with van der Waals surface area (Å²) in [5, 5.41) is 8.86. The SMILES string of the molecule is CC(=O)C(N)CCC(=O)OCCOCCO[N+](=O)[O-]. The number of hydrogen-bond donors (Lipinski definition) is 1. The van der Waals surface area contributed by atoms with Gasteiger partial charge in [-0.2, -0.15) is 0 Å². The third-order valence-corrected chi connectivity index (χ3v) is 2.10. The van der Waals surface area contributed by atoms with Crippen molar-refractivity contribution >= 4 is 11.8 Å². The topological polar surface area (TPSA) is 131 Å². The van der Waals surface area contributed by atoms with Crippen LogP contribution in [0.1, 0.15) is 19.8 Å². The summed E-state index contributed by atoms with van der Waals surface area (Å²) in [4.78, 5) is 35.8. The molecule has 19 heavy (non-hydrogen) atoms. The number of Topliss-reactive ketones (excluding diaryl/α,β-unsaturated/α-hetero) is 1. The van der Waals surface area contributed by atoms with Gasteiger partial charge in [-0.25, -0.2) is 0 Å². The molecule has 0 aromatic rings. The predicted molar refractivity (Wildman–Crippen MR) is 62.6 cm³/mol. The predicted octanol–water partition coefficient (Wildman–Crippen LogP) is -0.549. The molecule has 0 spiro atoms. The molecule has 9 heteroatoms. The van der Waals surface area contributed by atoms with E-state index in [9.17, 15) is 19.7 Å². The zero-order chi connectivity index (χ0) is 14.7. The van der Waals surface area contributed by atoms with E-state index >= 15 is 0 Å². The van der Waals surface area contributed by atoms with Gasteiger partial charge in [-0.05, 0) is 13.3 Å². The lowest BCUT2D eigenvalue weighted by molar-refractivity contribution is -0.758. The van der Waals surface area contributed by atoms with Gasteiger partial charge < -0.3 is 20.0 Å². The summed E-state index contributed by atoms with van der Waals surface area (Å²) in [5.41, 5.74) is 5.45. The van der Waals surface area contributed by atoms with E-state index in [4.69, 9.17) is 15.2 Å². The van der Waals surface area contributed by atoms with E-state index in [1.54, 1.807) is 0 Å². The van der Waals surface area contributed by atoms with Gasteiger partial charge >= 0.3 is 5.97 Å². The van der Waals surface area contributed by atoms with Crippen LogP contribution in [0.2, 0.25) is 0 Å². The van der Waals surface area contributed by atoms with Crippen LogP contribution in [0.15, 0.2) is 0 Å². The number of ether oxygens (including phenoxy) is 2. The van der Waals surface area contributed by atoms with Gasteiger partial charge in [-0.1, -0.05) is 0 Å². The second-order valence-corrected chi connectivity index (χ2v) is 3.65. The molecule has 0 aromatic carbocycles. The first-order valence-electron chi connectivity index (χ1n) is 5.70. The van der Waals surface area contributed by atoms with Crippen molar-refractivity contribution in [2.75, 3.05) is 26.4 Å². The molecule has 2 N–H and O–H groups in total. The summed E-state index contributed by atoms with van der Waals surface area (Å²) >= 11 is 0. The number of hydrogen-bond acceptors (Lipinski definition) is 8. The second-order valence-electron chi connectivity index (χ2n) is 3.65. The third-order valence-electron chi connectivity index (χ3n) is 2.10. The quantitative estimate of drug-likeness (QED) is 0.230. The van der Waals surface area contributed by atoms with Gasteiger partial charge in [0.25, 0.3) is 5.09 Å². The highest BCUT2D eigenvalue weighted by Gasteiger charge is 2.11. The Labute approximate surface area is 110 Å². The highest BCUT2D eigenvalue weighted by Crippen LogP contribution is 1.98. The van der Waals surface area contributed by atoms with Crippen LogP contribution < -0.4 is 5.73 Å². The molecule has 0 aliphatic carbocycles. The maximum absolute atomic E-state index is 11.2. The van der Waals surface area contributed by atoms with Crippen molar-refractivity contribution in [2.45, 2.75) is 25.8 Å². The van der Waals surface area contributed by atoms with E-state index in [2.05, 4.69) is 4.84 Å². The number of esters is 1. The summed E-state index contributed by atoms with van der Waals surface area (Å²) in [7, 11) is 0. The van der Waals surface area contributed by atoms with Gasteiger partial charge in [0.15, 0.2) is 0 Å². The van der Waals surface area contributed by atoms with E-state index in [1.807, 2.05) is 0 Å². The van der Waals surface area contributed by atoms with Crippen molar-refractivity contribution < 1.29 is 29.0 Å². The van der Waals surface area contributed by atoms with E-state index in [-0.39, 0.29) is 45.1 Å². The summed E-state index contributed by atoms with van der Waals surface area (Å²) in [5.74, 6) is -0.649. The molecule has 0 heterocycles. The average molecular weight is 278 g/mol. The molecular weight excluding hydrogens is 260 g/mol. The number of nitrogens with two attached hydrogens (primary N) is 1. The van der Waals surface area contributed by atoms with Crippen LogP contribution in [0.3, 0.4) is 0 Å². The third kappa shape index (κ3) is 11.1. The van der Waals surface area contributed by atoms with Crippen molar-refractivity contribution in [1.82, 2.24) is 0 Å². The Morgan fingerprint density at radius 2 is 1.89 bits per heavy atom. The van der Waals surface area contributed by atoms with E-state index < -0.39 is 17.1 Å². The minimum Gasteiger partial charge on any atom is -0.463 e. The normalized spacial score (nSPS) is 11.7. The molecule has 0 saturated heterocycles. The minimum atomic E-state index is -0.915. The molecule has 0 bridgehead atoms. The van der Waals surface area contributed by atoms with Gasteiger partial charge in [0.05, 0.1) is 19.3 Å². The van der Waals surface area contributed by atoms with Crippen LogP contribution in [-0.4, -0.2) is 49.3 Å². The number of carbonyl (C=O) groups excluding carboxylic acids is 2. The lowest BCUT2D eigenvalue weighted by atomic mass is 10.1. The van der Waals surface area contributed by atoms with Crippen LogP contribution in [0.5, 0.6) is 0 Å². The van der Waals surface area contributed by atoms with Crippen LogP contribution in [0.4, 0.5) is 0 Å². The second kappa shape index (κ2) is 10.2. The molecule has 0 aliphatic heterocycles. The van der Waals surface area contributed by atoms with Crippen LogP contribution in [-0.2, 0) is 23.9 Å². The number of carbonyl (C=O) groups is 2. The molecule has 1 unspecified atom stereocenters. The van der Waals surface area contributed by atoms with Crippen molar-refractivity contribution in [3.8, 4) is 0 Å². The molecule has 0 aliphatic rings. The molecule has 110 valence electrons. The van der Waals surface area contributed by atoms with Crippen LogP contribution >= 0.6 is 0 Å². The van der Waals surface area contributed by atoms with Gasteiger partial charge in [-0.3, -0.25) is 9.59 Å². The van der Waals surface area contributed by atoms with E-state index in [1.165, 1.54) is 6.92 Å². The lowest BCUT2D eigenvalue weighted by Crippen LogP contribution is -2.29. The fraction of sp³-hybridized carbons (Fsp3) is 0.800. The van der Waals surface area contributed by atoms with Gasteiger partial charge in [0.1, 0.15) is 19.0 Å². The Bertz CT molecular complexity index is 308. The molecule has 0 radical (unpaired) electrons. The standard InChI is InChI=1S/C10H18N2O7/c1-8(13)9(11)2-3-10(14)18-6-4-17-5-7-19-12(15)16/h9H,2-7,11H2,1H3. The summed E-state index contributed by atoms with van der Waals surface area (Å²) in [6, 6.07) is -0.650. The van der Waals surface area contributed by atoms with Crippen molar-refractivity contribution in [3.05, 3.63) is 10.1 Å². The smallest absolute Gasteiger partial charge is 0.305 e. The maximum Gasteiger partial charge on any atom is 0.305 e. The zero-order valence-electron chi connectivity index (χ0n) is 10.7. The van der Waals surface area contributed by atoms with E-state index in [0.29, 0.717) is 0 Å². The highest BCUT2D eigenvalue weighted by atomic mass is 17.0. The fourth-order valence-electron chi connectivity index (χ4n) is 1.04. The zero-order valence-corrected chi connectivity index (χ0v) is 10.7. The number of nitrogens with zero attached hydrogens (tertiary/aromatic N) is 1. The minimum absolute atomic E-state index is 0.0343. The average Bonchev–Trinajstić information content (AvgIpc) is 2.34. The lowest BCUT2D eigenvalue weighted by Gasteiger charge is -2.08. The number of ketones is 1. The maximum atomic E-state index is 11.2. The van der Waals surface area contributed by atoms with E-state index in [0.717, 1.165) is 0 Å². The monoisotopic (exact) mass is 278 g/mol. The Balaban J connectivity index is 3.39. The van der Waals surface area contributed by atoms with Crippen molar-refractivity contribution in [2.24, 2.45) is 5.73 Å². The molecule has 0 saturated carbocycles. The molecule has 0 fully saturated rings. The Morgan fingerprint density at radius 3 is 2.47 bits per heavy atom. The first-order chi connectivity index (χ1) is 8.93. The summed E-state index contributed by atoms with van der Waals surface area (Å²) in [6.07, 6.45) is 0.302. The Morgan fingerprint density at radius 1 is 1.26 bits per heavy atom. The molecule has 9 nitrogen and oxygen atoms in total. The summed E-state index contributed by atoms with van der Waals surface area (Å²) in [6.45, 7) is 1.37. The Kier molecular flexibility index (Phi) is 9.27. The Hall–Kier alpha value is -1.74. The van der Waals surface area contributed by atoms with Crippen LogP contribution in [0, 0.1) is 10.1 Å². The first-order valence-corrected chi connectivity index (χ1v) is 5.70. The number of rotatable bonds is 11.